The van der Waals surface area contributed by atoms with E-state index in [4.69, 9.17) is 8.83 Å². The normalized spacial score (nSPS) is 14.4. The zero-order chi connectivity index (χ0) is 38.5. The molecule has 54 heavy (non-hydrogen) atoms. The Morgan fingerprint density at radius 2 is 1.48 bits per heavy atom. The van der Waals surface area contributed by atoms with E-state index in [1.54, 1.807) is 64.9 Å². The number of oxazole rings is 2. The third kappa shape index (κ3) is 7.15. The summed E-state index contributed by atoms with van der Waals surface area (Å²) >= 11 is 3.31. The highest BCUT2D eigenvalue weighted by molar-refractivity contribution is 9.10. The van der Waals surface area contributed by atoms with E-state index >= 15 is 0 Å². The molecule has 6 aromatic rings. The van der Waals surface area contributed by atoms with Crippen LogP contribution < -0.4 is 26.7 Å². The van der Waals surface area contributed by atoms with Crippen LogP contribution in [0.1, 0.15) is 59.6 Å². The summed E-state index contributed by atoms with van der Waals surface area (Å²) in [5.41, 5.74) is 6.77. The second-order valence-corrected chi connectivity index (χ2v) is 15.4. The number of aryl methyl sites for hydroxylation is 4. The van der Waals surface area contributed by atoms with E-state index in [0.717, 1.165) is 46.2 Å². The fraction of sp³-hybridized carbons (Fsp3) is 0.333. The molecule has 1 aliphatic heterocycles. The maximum Gasteiger partial charge on any atom is 0.299 e. The van der Waals surface area contributed by atoms with E-state index in [-0.39, 0.29) is 28.5 Å². The zero-order valence-electron chi connectivity index (χ0n) is 31.3. The highest BCUT2D eigenvalue weighted by Crippen LogP contribution is 2.40. The van der Waals surface area contributed by atoms with Crippen LogP contribution in [0.5, 0.6) is 0 Å². The van der Waals surface area contributed by atoms with Gasteiger partial charge in [-0.05, 0) is 89.8 Å². The standard InChI is InChI=1S/C29H32N6O3.C10H10BrN3O2/c1-6-20-21(19-11-22(26(36)33(5)16-19)32-28-31-15-17(2)38-28)7-8-30-25(20)35-10-9-34-23(27(35)37)12-18-13-29(3,4)14-24(18)34;1-6-4-12-10(16-6)13-8-3-7(11)5-14(2)9(8)15/h7-8,11-12,15-16H,6,9-10,13-14H2,1-5H3,(H,31,32);3-5H,1-2H3,(H,12,13). The van der Waals surface area contributed by atoms with Crippen molar-refractivity contribution in [3.8, 4) is 11.1 Å². The molecule has 8 rings (SSSR count). The van der Waals surface area contributed by atoms with Crippen LogP contribution in [0.25, 0.3) is 11.1 Å². The second-order valence-electron chi connectivity index (χ2n) is 14.5. The molecule has 0 atom stereocenters. The number of carbonyl (C=O) groups is 1. The molecule has 2 N–H and O–H groups in total. The van der Waals surface area contributed by atoms with E-state index in [9.17, 15) is 14.4 Å². The molecule has 0 unspecified atom stereocenters. The number of rotatable bonds is 7. The number of halogens is 1. The first kappa shape index (κ1) is 36.6. The predicted molar refractivity (Wildman–Crippen MR) is 210 cm³/mol. The smallest absolute Gasteiger partial charge is 0.299 e. The average molecular weight is 797 g/mol. The molecule has 0 fully saturated rings. The van der Waals surface area contributed by atoms with Crippen LogP contribution in [-0.4, -0.2) is 41.1 Å². The van der Waals surface area contributed by atoms with Crippen molar-refractivity contribution in [3.63, 3.8) is 0 Å². The fourth-order valence-corrected chi connectivity index (χ4v) is 7.75. The molecule has 1 amide bonds. The lowest BCUT2D eigenvalue weighted by atomic mass is 9.90. The number of anilines is 5. The third-order valence-electron chi connectivity index (χ3n) is 9.64. The quantitative estimate of drug-likeness (QED) is 0.176. The number of aromatic nitrogens is 6. The molecular weight excluding hydrogens is 754 g/mol. The first-order valence-corrected chi connectivity index (χ1v) is 18.5. The summed E-state index contributed by atoms with van der Waals surface area (Å²) in [6.07, 6.45) is 11.1. The molecule has 6 aromatic heterocycles. The van der Waals surface area contributed by atoms with E-state index < -0.39 is 0 Å². The maximum absolute atomic E-state index is 13.8. The zero-order valence-corrected chi connectivity index (χ0v) is 32.9. The lowest BCUT2D eigenvalue weighted by Crippen LogP contribution is -2.41. The van der Waals surface area contributed by atoms with Crippen molar-refractivity contribution >= 4 is 51.1 Å². The van der Waals surface area contributed by atoms with Crippen LogP contribution in [0.3, 0.4) is 0 Å². The Labute approximate surface area is 320 Å². The highest BCUT2D eigenvalue weighted by atomic mass is 79.9. The molecule has 14 nitrogen and oxygen atoms in total. The van der Waals surface area contributed by atoms with Gasteiger partial charge in [-0.25, -0.2) is 15.0 Å². The van der Waals surface area contributed by atoms with Crippen molar-refractivity contribution in [2.24, 2.45) is 19.5 Å². The van der Waals surface area contributed by atoms with Gasteiger partial charge in [0.25, 0.3) is 29.1 Å². The Morgan fingerprint density at radius 1 is 0.852 bits per heavy atom. The van der Waals surface area contributed by atoms with Crippen LogP contribution in [0.2, 0.25) is 0 Å². The lowest BCUT2D eigenvalue weighted by molar-refractivity contribution is 0.0963. The van der Waals surface area contributed by atoms with Gasteiger partial charge in [0.1, 0.15) is 34.4 Å². The van der Waals surface area contributed by atoms with Gasteiger partial charge < -0.3 is 33.2 Å². The van der Waals surface area contributed by atoms with E-state index in [2.05, 4.69) is 72.9 Å². The molecule has 2 aliphatic rings. The summed E-state index contributed by atoms with van der Waals surface area (Å²) in [7, 11) is 3.40. The van der Waals surface area contributed by atoms with Gasteiger partial charge in [-0.2, -0.15) is 0 Å². The number of pyridine rings is 3. The van der Waals surface area contributed by atoms with Crippen LogP contribution in [0.4, 0.5) is 29.2 Å². The van der Waals surface area contributed by atoms with Gasteiger partial charge >= 0.3 is 0 Å². The second kappa shape index (κ2) is 14.3. The van der Waals surface area contributed by atoms with Gasteiger partial charge in [0, 0.05) is 67.1 Å². The van der Waals surface area contributed by atoms with Crippen molar-refractivity contribution < 1.29 is 13.6 Å². The van der Waals surface area contributed by atoms with E-state index in [1.807, 2.05) is 17.2 Å². The molecule has 280 valence electrons. The van der Waals surface area contributed by atoms with Crippen LogP contribution in [0, 0.1) is 19.3 Å². The van der Waals surface area contributed by atoms with Gasteiger partial charge in [0.15, 0.2) is 0 Å². The monoisotopic (exact) mass is 795 g/mol. The van der Waals surface area contributed by atoms with Crippen molar-refractivity contribution in [3.05, 3.63) is 114 Å². The van der Waals surface area contributed by atoms with Crippen molar-refractivity contribution in [1.29, 1.82) is 0 Å². The molecule has 15 heteroatoms. The Kier molecular flexibility index (Phi) is 9.68. The summed E-state index contributed by atoms with van der Waals surface area (Å²) < 4.78 is 16.8. The van der Waals surface area contributed by atoms with Crippen molar-refractivity contribution in [2.75, 3.05) is 22.1 Å². The summed E-state index contributed by atoms with van der Waals surface area (Å²) in [4.78, 5) is 53.0. The van der Waals surface area contributed by atoms with Gasteiger partial charge in [0.05, 0.1) is 12.4 Å². The molecule has 0 bridgehead atoms. The topological polar surface area (TPSA) is 158 Å². The first-order chi connectivity index (χ1) is 25.7. The highest BCUT2D eigenvalue weighted by Gasteiger charge is 2.37. The number of hydrogen-bond donors (Lipinski definition) is 2. The lowest BCUT2D eigenvalue weighted by Gasteiger charge is -2.31. The Balaban J connectivity index is 0.000000235. The average Bonchev–Trinajstić information content (AvgIpc) is 3.89. The molecule has 1 aliphatic carbocycles. The van der Waals surface area contributed by atoms with E-state index in [1.165, 1.54) is 20.4 Å². The number of carbonyl (C=O) groups excluding carboxylic acids is 1. The third-order valence-corrected chi connectivity index (χ3v) is 10.1. The summed E-state index contributed by atoms with van der Waals surface area (Å²) in [6.45, 7) is 11.5. The van der Waals surface area contributed by atoms with Gasteiger partial charge in [0.2, 0.25) is 0 Å². The predicted octanol–water partition coefficient (Wildman–Crippen LogP) is 6.82. The molecule has 0 aromatic carbocycles. The van der Waals surface area contributed by atoms with Gasteiger partial charge in [-0.3, -0.25) is 19.3 Å². The number of hydrogen-bond acceptors (Lipinski definition) is 10. The minimum absolute atomic E-state index is 0.00936. The van der Waals surface area contributed by atoms with Crippen molar-refractivity contribution in [2.45, 2.75) is 60.4 Å². The maximum atomic E-state index is 13.8. The summed E-state index contributed by atoms with van der Waals surface area (Å²) in [5, 5.41) is 5.84. The minimum Gasteiger partial charge on any atom is -0.429 e. The van der Waals surface area contributed by atoms with Crippen LogP contribution >= 0.6 is 15.9 Å². The van der Waals surface area contributed by atoms with Gasteiger partial charge in [-0.1, -0.05) is 20.8 Å². The number of nitrogens with one attached hydrogen (secondary N) is 2. The van der Waals surface area contributed by atoms with Crippen LogP contribution in [0.15, 0.2) is 78.1 Å². The number of nitrogens with zero attached hydrogens (tertiary/aromatic N) is 7. The Bertz CT molecular complexity index is 2520. The van der Waals surface area contributed by atoms with Crippen molar-refractivity contribution in [1.82, 2.24) is 28.7 Å². The molecule has 0 spiro atoms. The minimum atomic E-state index is -0.194. The van der Waals surface area contributed by atoms with Gasteiger partial charge in [-0.15, -0.1) is 0 Å². The molecule has 0 radical (unpaired) electrons. The molecule has 0 saturated heterocycles. The summed E-state index contributed by atoms with van der Waals surface area (Å²) in [5.74, 6) is 2.01. The molecule has 7 heterocycles. The Hall–Kier alpha value is -5.70. The molecular formula is C39H42BrN9O5. The Morgan fingerprint density at radius 3 is 2.09 bits per heavy atom. The number of fused-ring (bicyclic) bond motifs is 3. The SMILES string of the molecule is CCc1c(-c2cc(Nc3ncc(C)o3)c(=O)n(C)c2)ccnc1N1CCn2c(cc3c2CC(C)(C)C3)C1=O.Cc1cnc(Nc2cc(Br)cn(C)c2=O)o1. The largest absolute Gasteiger partial charge is 0.429 e. The molecule has 0 saturated carbocycles. The number of amides is 1. The first-order valence-electron chi connectivity index (χ1n) is 17.7. The van der Waals surface area contributed by atoms with Crippen LogP contribution in [-0.2, 0) is 39.9 Å². The van der Waals surface area contributed by atoms with E-state index in [0.29, 0.717) is 47.7 Å². The summed E-state index contributed by atoms with van der Waals surface area (Å²) in [6, 6.07) is 8.09. The fourth-order valence-electron chi connectivity index (χ4n) is 7.21.